The van der Waals surface area contributed by atoms with E-state index in [9.17, 15) is 0 Å². The van der Waals surface area contributed by atoms with E-state index in [4.69, 9.17) is 10.5 Å². The van der Waals surface area contributed by atoms with Crippen molar-refractivity contribution in [2.45, 2.75) is 19.9 Å². The van der Waals surface area contributed by atoms with Crippen LogP contribution in [-0.4, -0.2) is 9.97 Å². The lowest BCUT2D eigenvalue weighted by molar-refractivity contribution is 0.472. The molecule has 0 aliphatic heterocycles. The Labute approximate surface area is 100 Å². The normalized spacial score (nSPS) is 12.2. The van der Waals surface area contributed by atoms with Crippen molar-refractivity contribution < 1.29 is 4.74 Å². The third kappa shape index (κ3) is 2.79. The molecule has 0 amide bonds. The zero-order valence-corrected chi connectivity index (χ0v) is 9.92. The van der Waals surface area contributed by atoms with Gasteiger partial charge in [0.2, 0.25) is 0 Å². The Bertz CT molecular complexity index is 494. The predicted octanol–water partition coefficient (Wildman–Crippen LogP) is 2.60. The quantitative estimate of drug-likeness (QED) is 0.878. The second kappa shape index (κ2) is 4.93. The first-order valence-electron chi connectivity index (χ1n) is 5.48. The standard InChI is InChI=1S/C13H15N3O/c1-9(14)12-6-5-11(8-16-12)17-13-4-3-7-15-10(13)2/h3-9H,14H2,1-2H3/t9-/m0/s1. The van der Waals surface area contributed by atoms with E-state index in [1.54, 1.807) is 12.4 Å². The van der Waals surface area contributed by atoms with Crippen LogP contribution in [0.1, 0.15) is 24.4 Å². The van der Waals surface area contributed by atoms with Crippen LogP contribution in [0, 0.1) is 6.92 Å². The van der Waals surface area contributed by atoms with Gasteiger partial charge in [0, 0.05) is 12.2 Å². The van der Waals surface area contributed by atoms with Gasteiger partial charge in [-0.25, -0.2) is 0 Å². The minimum Gasteiger partial charge on any atom is -0.454 e. The molecule has 2 heterocycles. The van der Waals surface area contributed by atoms with Crippen LogP contribution in [0.4, 0.5) is 0 Å². The predicted molar refractivity (Wildman–Crippen MR) is 65.9 cm³/mol. The van der Waals surface area contributed by atoms with Crippen molar-refractivity contribution in [1.82, 2.24) is 9.97 Å². The molecular weight excluding hydrogens is 214 g/mol. The number of aryl methyl sites for hydroxylation is 1. The molecule has 0 saturated heterocycles. The monoisotopic (exact) mass is 229 g/mol. The number of aromatic nitrogens is 2. The molecule has 0 aromatic carbocycles. The summed E-state index contributed by atoms with van der Waals surface area (Å²) in [5, 5.41) is 0. The Balaban J connectivity index is 2.17. The van der Waals surface area contributed by atoms with Crippen LogP contribution < -0.4 is 10.5 Å². The van der Waals surface area contributed by atoms with Gasteiger partial charge in [-0.15, -0.1) is 0 Å². The summed E-state index contributed by atoms with van der Waals surface area (Å²) in [6.07, 6.45) is 3.41. The molecule has 88 valence electrons. The second-order valence-electron chi connectivity index (χ2n) is 3.90. The summed E-state index contributed by atoms with van der Waals surface area (Å²) >= 11 is 0. The lowest BCUT2D eigenvalue weighted by Gasteiger charge is -2.09. The highest BCUT2D eigenvalue weighted by molar-refractivity contribution is 5.32. The van der Waals surface area contributed by atoms with E-state index in [1.165, 1.54) is 0 Å². The van der Waals surface area contributed by atoms with E-state index in [0.29, 0.717) is 5.75 Å². The number of hydrogen-bond donors (Lipinski definition) is 1. The largest absolute Gasteiger partial charge is 0.454 e. The van der Waals surface area contributed by atoms with Gasteiger partial charge in [0.05, 0.1) is 17.6 Å². The molecular formula is C13H15N3O. The summed E-state index contributed by atoms with van der Waals surface area (Å²) in [6, 6.07) is 7.38. The molecule has 4 heteroatoms. The van der Waals surface area contributed by atoms with Crippen LogP contribution in [0.2, 0.25) is 0 Å². The Morgan fingerprint density at radius 1 is 1.24 bits per heavy atom. The van der Waals surface area contributed by atoms with Crippen molar-refractivity contribution in [1.29, 1.82) is 0 Å². The zero-order valence-electron chi connectivity index (χ0n) is 9.92. The van der Waals surface area contributed by atoms with Crippen molar-refractivity contribution in [3.63, 3.8) is 0 Å². The molecule has 2 N–H and O–H groups in total. The Kier molecular flexibility index (Phi) is 3.35. The minimum absolute atomic E-state index is 0.0656. The fraction of sp³-hybridized carbons (Fsp3) is 0.231. The molecule has 4 nitrogen and oxygen atoms in total. The maximum Gasteiger partial charge on any atom is 0.148 e. The summed E-state index contributed by atoms with van der Waals surface area (Å²) in [4.78, 5) is 8.39. The Hall–Kier alpha value is -1.94. The number of nitrogens with two attached hydrogens (primary N) is 1. The molecule has 0 spiro atoms. The number of pyridine rings is 2. The van der Waals surface area contributed by atoms with Gasteiger partial charge in [0.15, 0.2) is 0 Å². The number of ether oxygens (including phenoxy) is 1. The average molecular weight is 229 g/mol. The molecule has 0 fully saturated rings. The lowest BCUT2D eigenvalue weighted by Crippen LogP contribution is -2.06. The summed E-state index contributed by atoms with van der Waals surface area (Å²) in [7, 11) is 0. The highest BCUT2D eigenvalue weighted by Gasteiger charge is 2.04. The van der Waals surface area contributed by atoms with Gasteiger partial charge in [0.25, 0.3) is 0 Å². The molecule has 0 unspecified atom stereocenters. The molecule has 2 rings (SSSR count). The van der Waals surface area contributed by atoms with Crippen molar-refractivity contribution in [2.75, 3.05) is 0 Å². The fourth-order valence-electron chi connectivity index (χ4n) is 1.43. The zero-order chi connectivity index (χ0) is 12.3. The SMILES string of the molecule is Cc1ncccc1Oc1ccc([C@H](C)N)nc1. The third-order valence-electron chi connectivity index (χ3n) is 2.41. The summed E-state index contributed by atoms with van der Waals surface area (Å²) in [5.41, 5.74) is 7.43. The minimum atomic E-state index is -0.0656. The summed E-state index contributed by atoms with van der Waals surface area (Å²) in [5.74, 6) is 1.42. The van der Waals surface area contributed by atoms with Gasteiger partial charge in [-0.1, -0.05) is 0 Å². The third-order valence-corrected chi connectivity index (χ3v) is 2.41. The fourth-order valence-corrected chi connectivity index (χ4v) is 1.43. The topological polar surface area (TPSA) is 61.0 Å². The van der Waals surface area contributed by atoms with Crippen LogP contribution in [0.3, 0.4) is 0 Å². The highest BCUT2D eigenvalue weighted by Crippen LogP contribution is 2.23. The lowest BCUT2D eigenvalue weighted by atomic mass is 10.2. The van der Waals surface area contributed by atoms with Crippen molar-refractivity contribution in [2.24, 2.45) is 5.73 Å². The highest BCUT2D eigenvalue weighted by atomic mass is 16.5. The molecule has 17 heavy (non-hydrogen) atoms. The first-order chi connectivity index (χ1) is 8.16. The Morgan fingerprint density at radius 2 is 2.06 bits per heavy atom. The van der Waals surface area contributed by atoms with Gasteiger partial charge in [-0.3, -0.25) is 9.97 Å². The van der Waals surface area contributed by atoms with E-state index in [2.05, 4.69) is 9.97 Å². The van der Waals surface area contributed by atoms with E-state index in [-0.39, 0.29) is 6.04 Å². The average Bonchev–Trinajstić information content (AvgIpc) is 2.33. The second-order valence-corrected chi connectivity index (χ2v) is 3.90. The molecule has 1 atom stereocenters. The molecule has 0 aliphatic rings. The number of hydrogen-bond acceptors (Lipinski definition) is 4. The van der Waals surface area contributed by atoms with Crippen LogP contribution in [0.15, 0.2) is 36.7 Å². The summed E-state index contributed by atoms with van der Waals surface area (Å²) < 4.78 is 5.68. The number of nitrogens with zero attached hydrogens (tertiary/aromatic N) is 2. The van der Waals surface area contributed by atoms with Gasteiger partial charge in [-0.2, -0.15) is 0 Å². The molecule has 0 aliphatic carbocycles. The van der Waals surface area contributed by atoms with Crippen molar-refractivity contribution in [3.8, 4) is 11.5 Å². The van der Waals surface area contributed by atoms with Crippen LogP contribution in [0.5, 0.6) is 11.5 Å². The van der Waals surface area contributed by atoms with Crippen molar-refractivity contribution >= 4 is 0 Å². The van der Waals surface area contributed by atoms with E-state index >= 15 is 0 Å². The summed E-state index contributed by atoms with van der Waals surface area (Å²) in [6.45, 7) is 3.80. The van der Waals surface area contributed by atoms with E-state index < -0.39 is 0 Å². The van der Waals surface area contributed by atoms with Gasteiger partial charge < -0.3 is 10.5 Å². The van der Waals surface area contributed by atoms with Gasteiger partial charge in [-0.05, 0) is 38.1 Å². The van der Waals surface area contributed by atoms with E-state index in [1.807, 2.05) is 38.1 Å². The van der Waals surface area contributed by atoms with E-state index in [0.717, 1.165) is 17.1 Å². The van der Waals surface area contributed by atoms with Crippen molar-refractivity contribution in [3.05, 3.63) is 48.0 Å². The van der Waals surface area contributed by atoms with Crippen LogP contribution >= 0.6 is 0 Å². The molecule has 2 aromatic heterocycles. The molecule has 0 bridgehead atoms. The number of rotatable bonds is 3. The van der Waals surface area contributed by atoms with Gasteiger partial charge in [0.1, 0.15) is 11.5 Å². The van der Waals surface area contributed by atoms with Crippen LogP contribution in [0.25, 0.3) is 0 Å². The Morgan fingerprint density at radius 3 is 2.65 bits per heavy atom. The molecule has 2 aromatic rings. The first-order valence-corrected chi connectivity index (χ1v) is 5.48. The molecule has 0 radical (unpaired) electrons. The van der Waals surface area contributed by atoms with Crippen LogP contribution in [-0.2, 0) is 0 Å². The van der Waals surface area contributed by atoms with Gasteiger partial charge >= 0.3 is 0 Å². The first kappa shape index (κ1) is 11.5. The maximum absolute atomic E-state index is 5.73. The maximum atomic E-state index is 5.73. The smallest absolute Gasteiger partial charge is 0.148 e. The molecule has 0 saturated carbocycles.